The summed E-state index contributed by atoms with van der Waals surface area (Å²) in [7, 11) is 0. The van der Waals surface area contributed by atoms with Gasteiger partial charge in [-0.3, -0.25) is 9.69 Å². The first kappa shape index (κ1) is 15.5. The first-order valence-electron chi connectivity index (χ1n) is 7.95. The summed E-state index contributed by atoms with van der Waals surface area (Å²) in [4.78, 5) is 23.9. The molecule has 0 spiro atoms. The summed E-state index contributed by atoms with van der Waals surface area (Å²) in [5, 5.41) is 0. The summed E-state index contributed by atoms with van der Waals surface area (Å²) in [5.41, 5.74) is 0.902. The van der Waals surface area contributed by atoms with Gasteiger partial charge in [0, 0.05) is 51.2 Å². The van der Waals surface area contributed by atoms with Crippen LogP contribution >= 0.6 is 0 Å². The normalized spacial score (nSPS) is 24.2. The fourth-order valence-corrected chi connectivity index (χ4v) is 2.93. The maximum atomic E-state index is 12.5. The molecular weight excluding hydrogens is 284 g/mol. The monoisotopic (exact) mass is 308 g/mol. The SMILES string of the molecule is Cc1cnc(C(=O)N2CCCO[C@H](CN3CCOCC3)C2)[nH]1. The topological polar surface area (TPSA) is 70.7 Å². The number of morpholine rings is 1. The molecule has 1 aromatic heterocycles. The van der Waals surface area contributed by atoms with Crippen molar-refractivity contribution in [2.45, 2.75) is 19.4 Å². The number of carbonyl (C=O) groups excluding carboxylic acids is 1. The molecule has 1 N–H and O–H groups in total. The van der Waals surface area contributed by atoms with Crippen molar-refractivity contribution in [3.63, 3.8) is 0 Å². The number of amides is 1. The number of carbonyl (C=O) groups is 1. The van der Waals surface area contributed by atoms with Crippen LogP contribution in [0, 0.1) is 6.92 Å². The van der Waals surface area contributed by atoms with Gasteiger partial charge in [0.1, 0.15) is 0 Å². The van der Waals surface area contributed by atoms with E-state index in [9.17, 15) is 4.79 Å². The summed E-state index contributed by atoms with van der Waals surface area (Å²) >= 11 is 0. The zero-order valence-electron chi connectivity index (χ0n) is 13.1. The molecule has 3 rings (SSSR count). The summed E-state index contributed by atoms with van der Waals surface area (Å²) in [6, 6.07) is 0. The molecule has 7 nitrogen and oxygen atoms in total. The summed E-state index contributed by atoms with van der Waals surface area (Å²) in [5.74, 6) is 0.384. The minimum atomic E-state index is -0.0365. The molecule has 0 saturated carbocycles. The van der Waals surface area contributed by atoms with Crippen LogP contribution in [0.15, 0.2) is 6.20 Å². The standard InChI is InChI=1S/C15H24N4O3/c1-12-9-16-14(17-12)15(20)19-3-2-6-22-13(11-19)10-18-4-7-21-8-5-18/h9,13H,2-8,10-11H2,1H3,(H,16,17)/t13-/m1/s1. The molecule has 2 saturated heterocycles. The van der Waals surface area contributed by atoms with E-state index in [1.165, 1.54) is 0 Å². The van der Waals surface area contributed by atoms with Crippen molar-refractivity contribution in [1.82, 2.24) is 19.8 Å². The maximum absolute atomic E-state index is 12.5. The molecule has 1 atom stereocenters. The molecule has 3 heterocycles. The number of aromatic amines is 1. The molecule has 0 radical (unpaired) electrons. The highest BCUT2D eigenvalue weighted by atomic mass is 16.5. The van der Waals surface area contributed by atoms with Crippen LogP contribution in [0.3, 0.4) is 0 Å². The van der Waals surface area contributed by atoms with Crippen LogP contribution in [0.5, 0.6) is 0 Å². The minimum Gasteiger partial charge on any atom is -0.379 e. The lowest BCUT2D eigenvalue weighted by Gasteiger charge is -2.31. The van der Waals surface area contributed by atoms with Gasteiger partial charge in [0.25, 0.3) is 5.91 Å². The molecule has 7 heteroatoms. The Morgan fingerprint density at radius 3 is 2.91 bits per heavy atom. The second kappa shape index (κ2) is 7.21. The largest absolute Gasteiger partial charge is 0.379 e. The molecule has 0 aromatic carbocycles. The number of hydrogen-bond donors (Lipinski definition) is 1. The number of aromatic nitrogens is 2. The van der Waals surface area contributed by atoms with Gasteiger partial charge in [0.05, 0.1) is 19.3 Å². The van der Waals surface area contributed by atoms with E-state index < -0.39 is 0 Å². The van der Waals surface area contributed by atoms with Crippen molar-refractivity contribution < 1.29 is 14.3 Å². The van der Waals surface area contributed by atoms with Gasteiger partial charge in [0.2, 0.25) is 0 Å². The molecule has 1 amide bonds. The van der Waals surface area contributed by atoms with Crippen LogP contribution in [0.2, 0.25) is 0 Å². The molecule has 22 heavy (non-hydrogen) atoms. The van der Waals surface area contributed by atoms with Crippen molar-refractivity contribution in [3.8, 4) is 0 Å². The predicted molar refractivity (Wildman–Crippen MR) is 80.8 cm³/mol. The molecule has 0 unspecified atom stereocenters. The number of nitrogens with one attached hydrogen (secondary N) is 1. The van der Waals surface area contributed by atoms with E-state index in [1.807, 2.05) is 11.8 Å². The number of rotatable bonds is 3. The first-order valence-corrected chi connectivity index (χ1v) is 7.95. The summed E-state index contributed by atoms with van der Waals surface area (Å²) in [6.07, 6.45) is 2.61. The zero-order valence-corrected chi connectivity index (χ0v) is 13.1. The fourth-order valence-electron chi connectivity index (χ4n) is 2.93. The third-order valence-corrected chi connectivity index (χ3v) is 4.11. The van der Waals surface area contributed by atoms with Crippen LogP contribution in [0.25, 0.3) is 0 Å². The van der Waals surface area contributed by atoms with Crippen LogP contribution in [0.1, 0.15) is 22.7 Å². The quantitative estimate of drug-likeness (QED) is 0.868. The van der Waals surface area contributed by atoms with Gasteiger partial charge >= 0.3 is 0 Å². The smallest absolute Gasteiger partial charge is 0.289 e. The van der Waals surface area contributed by atoms with Crippen LogP contribution in [-0.4, -0.2) is 84.3 Å². The molecule has 2 aliphatic rings. The lowest BCUT2D eigenvalue weighted by molar-refractivity contribution is -0.0113. The van der Waals surface area contributed by atoms with E-state index in [1.54, 1.807) is 6.20 Å². The van der Waals surface area contributed by atoms with Crippen LogP contribution in [0.4, 0.5) is 0 Å². The highest BCUT2D eigenvalue weighted by Gasteiger charge is 2.26. The number of imidazole rings is 1. The third kappa shape index (κ3) is 3.85. The van der Waals surface area contributed by atoms with Gasteiger partial charge in [-0.1, -0.05) is 0 Å². The Hall–Kier alpha value is -1.44. The van der Waals surface area contributed by atoms with Crippen molar-refractivity contribution >= 4 is 5.91 Å². The molecule has 2 aliphatic heterocycles. The van der Waals surface area contributed by atoms with Gasteiger partial charge in [-0.2, -0.15) is 0 Å². The van der Waals surface area contributed by atoms with Gasteiger partial charge < -0.3 is 19.4 Å². The Kier molecular flexibility index (Phi) is 5.07. The average Bonchev–Trinajstić information content (AvgIpc) is 2.83. The van der Waals surface area contributed by atoms with E-state index in [-0.39, 0.29) is 12.0 Å². The number of hydrogen-bond acceptors (Lipinski definition) is 5. The molecule has 122 valence electrons. The molecule has 0 aliphatic carbocycles. The Balaban J connectivity index is 1.60. The first-order chi connectivity index (χ1) is 10.7. The number of aryl methyl sites for hydroxylation is 1. The summed E-state index contributed by atoms with van der Waals surface area (Å²) < 4.78 is 11.3. The lowest BCUT2D eigenvalue weighted by atomic mass is 10.2. The van der Waals surface area contributed by atoms with Crippen molar-refractivity contribution in [3.05, 3.63) is 17.7 Å². The molecule has 0 bridgehead atoms. The Labute approximate surface area is 130 Å². The third-order valence-electron chi connectivity index (χ3n) is 4.11. The second-order valence-corrected chi connectivity index (χ2v) is 5.93. The maximum Gasteiger partial charge on any atom is 0.289 e. The zero-order chi connectivity index (χ0) is 15.4. The van der Waals surface area contributed by atoms with Crippen molar-refractivity contribution in [2.24, 2.45) is 0 Å². The molecular formula is C15H24N4O3. The van der Waals surface area contributed by atoms with E-state index in [0.717, 1.165) is 51.5 Å². The Bertz CT molecular complexity index is 499. The Morgan fingerprint density at radius 2 is 2.18 bits per heavy atom. The Morgan fingerprint density at radius 1 is 1.36 bits per heavy atom. The average molecular weight is 308 g/mol. The van der Waals surface area contributed by atoms with Crippen molar-refractivity contribution in [2.75, 3.05) is 52.5 Å². The second-order valence-electron chi connectivity index (χ2n) is 5.93. The number of H-pyrrole nitrogens is 1. The van der Waals surface area contributed by atoms with E-state index in [4.69, 9.17) is 9.47 Å². The van der Waals surface area contributed by atoms with Crippen LogP contribution in [-0.2, 0) is 9.47 Å². The minimum absolute atomic E-state index is 0.0365. The summed E-state index contributed by atoms with van der Waals surface area (Å²) in [6.45, 7) is 8.23. The van der Waals surface area contributed by atoms with Gasteiger partial charge in [-0.15, -0.1) is 0 Å². The molecule has 1 aromatic rings. The number of nitrogens with zero attached hydrogens (tertiary/aromatic N) is 3. The molecule has 2 fully saturated rings. The highest BCUT2D eigenvalue weighted by molar-refractivity contribution is 5.90. The van der Waals surface area contributed by atoms with E-state index in [2.05, 4.69) is 14.9 Å². The lowest BCUT2D eigenvalue weighted by Crippen LogP contribution is -2.46. The van der Waals surface area contributed by atoms with E-state index >= 15 is 0 Å². The van der Waals surface area contributed by atoms with Crippen molar-refractivity contribution in [1.29, 1.82) is 0 Å². The van der Waals surface area contributed by atoms with Gasteiger partial charge in [-0.25, -0.2) is 4.98 Å². The highest BCUT2D eigenvalue weighted by Crippen LogP contribution is 2.11. The predicted octanol–water partition coefficient (Wildman–Crippen LogP) is 0.281. The van der Waals surface area contributed by atoms with Gasteiger partial charge in [-0.05, 0) is 13.3 Å². The van der Waals surface area contributed by atoms with Gasteiger partial charge in [0.15, 0.2) is 5.82 Å². The fraction of sp³-hybridized carbons (Fsp3) is 0.733. The van der Waals surface area contributed by atoms with Crippen LogP contribution < -0.4 is 0 Å². The number of ether oxygens (including phenoxy) is 2. The van der Waals surface area contributed by atoms with E-state index in [0.29, 0.717) is 19.0 Å².